The average Bonchev–Trinajstić information content (AvgIpc) is 2.82. The topological polar surface area (TPSA) is 74.7 Å². The first kappa shape index (κ1) is 14.6. The Morgan fingerprint density at radius 1 is 1.32 bits per heavy atom. The highest BCUT2D eigenvalue weighted by Gasteiger charge is 2.39. The molecule has 2 rings (SSSR count). The molecule has 1 fully saturated rings. The summed E-state index contributed by atoms with van der Waals surface area (Å²) in [5.74, 6) is -1.14. The van der Waals surface area contributed by atoms with Gasteiger partial charge in [0.15, 0.2) is 0 Å². The van der Waals surface area contributed by atoms with Gasteiger partial charge in [-0.15, -0.1) is 0 Å². The van der Waals surface area contributed by atoms with E-state index in [1.165, 1.54) is 18.2 Å². The Bertz CT molecular complexity index is 617. The number of carbonyl (C=O) groups is 1. The molecule has 0 aliphatic carbocycles. The predicted octanol–water partition coefficient (Wildman–Crippen LogP) is 2.23. The Morgan fingerprint density at radius 3 is 2.58 bits per heavy atom. The monoisotopic (exact) mass is 323 g/mol. The zero-order valence-electron chi connectivity index (χ0n) is 9.71. The maximum Gasteiger partial charge on any atom is 0.322 e. The number of carboxylic acid groups (broad SMARTS) is 1. The van der Waals surface area contributed by atoms with Gasteiger partial charge in [0.1, 0.15) is 6.04 Å². The summed E-state index contributed by atoms with van der Waals surface area (Å²) in [5.41, 5.74) is 0. The van der Waals surface area contributed by atoms with Crippen LogP contribution >= 0.6 is 23.2 Å². The molecule has 1 aliphatic heterocycles. The second-order valence-corrected chi connectivity index (χ2v) is 6.89. The lowest BCUT2D eigenvalue weighted by molar-refractivity contribution is -0.140. The van der Waals surface area contributed by atoms with Gasteiger partial charge in [0.25, 0.3) is 0 Å². The van der Waals surface area contributed by atoms with Crippen molar-refractivity contribution < 1.29 is 18.3 Å². The lowest BCUT2D eigenvalue weighted by atomic mass is 10.2. The van der Waals surface area contributed by atoms with E-state index in [2.05, 4.69) is 0 Å². The molecule has 19 heavy (non-hydrogen) atoms. The molecule has 0 radical (unpaired) electrons. The summed E-state index contributed by atoms with van der Waals surface area (Å²) in [6.45, 7) is 0.194. The fraction of sp³-hybridized carbons (Fsp3) is 0.364. The van der Waals surface area contributed by atoms with Gasteiger partial charge in [-0.05, 0) is 31.0 Å². The Hall–Kier alpha value is -0.820. The van der Waals surface area contributed by atoms with Gasteiger partial charge < -0.3 is 5.11 Å². The number of rotatable bonds is 3. The number of hydrogen-bond acceptors (Lipinski definition) is 3. The van der Waals surface area contributed by atoms with E-state index in [4.69, 9.17) is 28.3 Å². The van der Waals surface area contributed by atoms with Crippen molar-refractivity contribution in [1.82, 2.24) is 4.31 Å². The van der Waals surface area contributed by atoms with Crippen LogP contribution in [0.4, 0.5) is 0 Å². The number of carboxylic acids is 1. The molecule has 1 aromatic rings. The second kappa shape index (κ2) is 5.28. The first-order valence-electron chi connectivity index (χ1n) is 5.54. The molecule has 1 N–H and O–H groups in total. The lowest BCUT2D eigenvalue weighted by Crippen LogP contribution is -2.40. The highest BCUT2D eigenvalue weighted by atomic mass is 35.5. The molecule has 0 saturated carbocycles. The lowest BCUT2D eigenvalue weighted by Gasteiger charge is -2.21. The summed E-state index contributed by atoms with van der Waals surface area (Å²) < 4.78 is 25.7. The minimum atomic E-state index is -3.86. The maximum absolute atomic E-state index is 12.4. The highest BCUT2D eigenvalue weighted by Crippen LogP contribution is 2.30. The molecule has 0 unspecified atom stereocenters. The van der Waals surface area contributed by atoms with Crippen molar-refractivity contribution >= 4 is 39.2 Å². The zero-order chi connectivity index (χ0) is 14.2. The minimum absolute atomic E-state index is 0.0462. The third-order valence-electron chi connectivity index (χ3n) is 2.99. The molecule has 5 nitrogen and oxygen atoms in total. The summed E-state index contributed by atoms with van der Waals surface area (Å²) in [4.78, 5) is 11.0. The summed E-state index contributed by atoms with van der Waals surface area (Å²) in [5, 5.41) is 9.41. The molecular formula is C11H11Cl2NO4S. The molecule has 1 aliphatic rings. The third kappa shape index (κ3) is 2.72. The third-order valence-corrected chi connectivity index (χ3v) is 5.63. The number of sulfonamides is 1. The summed E-state index contributed by atoms with van der Waals surface area (Å²) >= 11 is 11.5. The van der Waals surface area contributed by atoms with E-state index in [-0.39, 0.29) is 21.5 Å². The van der Waals surface area contributed by atoms with Crippen molar-refractivity contribution in [3.63, 3.8) is 0 Å². The normalized spacial score (nSPS) is 20.6. The fourth-order valence-electron chi connectivity index (χ4n) is 2.05. The first-order chi connectivity index (χ1) is 8.84. The molecular weight excluding hydrogens is 313 g/mol. The Morgan fingerprint density at radius 2 is 2.00 bits per heavy atom. The number of hydrogen-bond donors (Lipinski definition) is 1. The van der Waals surface area contributed by atoms with E-state index in [0.717, 1.165) is 4.31 Å². The van der Waals surface area contributed by atoms with Crippen LogP contribution in [0, 0.1) is 0 Å². The van der Waals surface area contributed by atoms with Gasteiger partial charge in [-0.3, -0.25) is 4.79 Å². The average molecular weight is 324 g/mol. The number of aliphatic carboxylic acids is 1. The van der Waals surface area contributed by atoms with Gasteiger partial charge in [0.05, 0.1) is 14.9 Å². The molecule has 0 bridgehead atoms. The van der Waals surface area contributed by atoms with E-state index >= 15 is 0 Å². The standard InChI is InChI=1S/C11H11Cl2NO4S/c12-8-4-3-7(6-9(8)13)19(17,18)14-5-1-2-10(14)11(15)16/h3-4,6,10H,1-2,5H2,(H,15,16)/t10-/m1/s1. The van der Waals surface area contributed by atoms with E-state index in [9.17, 15) is 13.2 Å². The van der Waals surface area contributed by atoms with Gasteiger partial charge in [0, 0.05) is 6.54 Å². The van der Waals surface area contributed by atoms with Crippen LogP contribution in [-0.2, 0) is 14.8 Å². The molecule has 1 aromatic carbocycles. The van der Waals surface area contributed by atoms with Gasteiger partial charge in [-0.1, -0.05) is 23.2 Å². The van der Waals surface area contributed by atoms with Crippen LogP contribution < -0.4 is 0 Å². The van der Waals surface area contributed by atoms with Crippen LogP contribution in [-0.4, -0.2) is 36.4 Å². The van der Waals surface area contributed by atoms with Crippen LogP contribution in [0.2, 0.25) is 10.0 Å². The molecule has 0 aromatic heterocycles. The molecule has 0 spiro atoms. The predicted molar refractivity (Wildman–Crippen MR) is 71.0 cm³/mol. The van der Waals surface area contributed by atoms with Crippen LogP contribution in [0.1, 0.15) is 12.8 Å². The summed E-state index contributed by atoms with van der Waals surface area (Å²) in [6, 6.07) is 2.92. The quantitative estimate of drug-likeness (QED) is 0.925. The smallest absolute Gasteiger partial charge is 0.322 e. The molecule has 1 atom stereocenters. The van der Waals surface area contributed by atoms with Gasteiger partial charge in [-0.25, -0.2) is 8.42 Å². The number of benzene rings is 1. The van der Waals surface area contributed by atoms with Crippen molar-refractivity contribution in [2.75, 3.05) is 6.54 Å². The molecule has 0 amide bonds. The SMILES string of the molecule is O=C(O)[C@H]1CCCN1S(=O)(=O)c1ccc(Cl)c(Cl)c1. The Kier molecular flexibility index (Phi) is 4.06. The molecule has 104 valence electrons. The van der Waals surface area contributed by atoms with E-state index in [1.807, 2.05) is 0 Å². The Labute approximate surface area is 120 Å². The van der Waals surface area contributed by atoms with Crippen LogP contribution in [0.3, 0.4) is 0 Å². The zero-order valence-corrected chi connectivity index (χ0v) is 12.0. The van der Waals surface area contributed by atoms with Crippen molar-refractivity contribution in [2.45, 2.75) is 23.8 Å². The molecule has 1 heterocycles. The second-order valence-electron chi connectivity index (χ2n) is 4.19. The van der Waals surface area contributed by atoms with E-state index in [1.54, 1.807) is 0 Å². The summed E-state index contributed by atoms with van der Waals surface area (Å²) in [6.07, 6.45) is 0.841. The van der Waals surface area contributed by atoms with Crippen molar-refractivity contribution in [3.8, 4) is 0 Å². The maximum atomic E-state index is 12.4. The number of nitrogens with zero attached hydrogens (tertiary/aromatic N) is 1. The van der Waals surface area contributed by atoms with Crippen molar-refractivity contribution in [2.24, 2.45) is 0 Å². The van der Waals surface area contributed by atoms with E-state index < -0.39 is 22.0 Å². The number of halogens is 2. The fourth-order valence-corrected chi connectivity index (χ4v) is 4.09. The van der Waals surface area contributed by atoms with Gasteiger partial charge >= 0.3 is 5.97 Å². The van der Waals surface area contributed by atoms with E-state index in [0.29, 0.717) is 12.8 Å². The van der Waals surface area contributed by atoms with Crippen LogP contribution in [0.5, 0.6) is 0 Å². The minimum Gasteiger partial charge on any atom is -0.480 e. The Balaban J connectivity index is 2.42. The van der Waals surface area contributed by atoms with Crippen LogP contribution in [0.25, 0.3) is 0 Å². The highest BCUT2D eigenvalue weighted by molar-refractivity contribution is 7.89. The molecule has 1 saturated heterocycles. The van der Waals surface area contributed by atoms with Gasteiger partial charge in [0.2, 0.25) is 10.0 Å². The van der Waals surface area contributed by atoms with Gasteiger partial charge in [-0.2, -0.15) is 4.31 Å². The summed E-state index contributed by atoms with van der Waals surface area (Å²) in [7, 11) is -3.86. The van der Waals surface area contributed by atoms with Crippen LogP contribution in [0.15, 0.2) is 23.1 Å². The van der Waals surface area contributed by atoms with Crippen molar-refractivity contribution in [3.05, 3.63) is 28.2 Å². The largest absolute Gasteiger partial charge is 0.480 e. The molecule has 8 heteroatoms. The van der Waals surface area contributed by atoms with Crippen molar-refractivity contribution in [1.29, 1.82) is 0 Å². The first-order valence-corrected chi connectivity index (χ1v) is 7.73.